The van der Waals surface area contributed by atoms with Crippen molar-refractivity contribution in [2.24, 2.45) is 5.73 Å². The highest BCUT2D eigenvalue weighted by Crippen LogP contribution is 2.35. The second-order valence-electron chi connectivity index (χ2n) is 4.04. The van der Waals surface area contributed by atoms with Crippen LogP contribution >= 0.6 is 0 Å². The molecule has 19 heavy (non-hydrogen) atoms. The molecule has 0 fully saturated rings. The highest BCUT2D eigenvalue weighted by molar-refractivity contribution is 5.40. The zero-order valence-electron chi connectivity index (χ0n) is 10.3. The van der Waals surface area contributed by atoms with Crippen molar-refractivity contribution in [1.82, 2.24) is 0 Å². The van der Waals surface area contributed by atoms with Crippen LogP contribution in [0.2, 0.25) is 0 Å². The molecule has 0 aromatic heterocycles. The monoisotopic (exact) mass is 279 g/mol. The van der Waals surface area contributed by atoms with Gasteiger partial charge in [-0.05, 0) is 25.1 Å². The first-order chi connectivity index (χ1) is 8.81. The average Bonchev–Trinajstić information content (AvgIpc) is 2.36. The third-order valence-electron chi connectivity index (χ3n) is 2.71. The third-order valence-corrected chi connectivity index (χ3v) is 2.71. The van der Waals surface area contributed by atoms with E-state index < -0.39 is 23.9 Å². The first kappa shape index (κ1) is 15.7. The van der Waals surface area contributed by atoms with E-state index in [1.165, 1.54) is 7.11 Å². The Morgan fingerprint density at radius 1 is 1.32 bits per heavy atom. The molecular weight excluding hydrogens is 263 g/mol. The number of aliphatic hydroxyl groups is 2. The predicted molar refractivity (Wildman–Crippen MR) is 62.6 cm³/mol. The van der Waals surface area contributed by atoms with Gasteiger partial charge in [0.1, 0.15) is 11.9 Å². The van der Waals surface area contributed by atoms with Crippen molar-refractivity contribution in [3.05, 3.63) is 29.3 Å². The molecule has 2 unspecified atom stereocenters. The molecule has 4 N–H and O–H groups in total. The van der Waals surface area contributed by atoms with Crippen LogP contribution in [0.5, 0.6) is 5.75 Å². The summed E-state index contributed by atoms with van der Waals surface area (Å²) in [5.74, 6) is -0.126. The van der Waals surface area contributed by atoms with E-state index in [2.05, 4.69) is 0 Å². The van der Waals surface area contributed by atoms with Crippen LogP contribution in [0.1, 0.15) is 23.7 Å². The van der Waals surface area contributed by atoms with Crippen LogP contribution in [-0.2, 0) is 6.18 Å². The number of methoxy groups -OCH3 is 1. The number of benzene rings is 1. The van der Waals surface area contributed by atoms with Crippen molar-refractivity contribution < 1.29 is 28.1 Å². The van der Waals surface area contributed by atoms with Crippen LogP contribution < -0.4 is 10.5 Å². The van der Waals surface area contributed by atoms with Gasteiger partial charge in [0, 0.05) is 5.56 Å². The summed E-state index contributed by atoms with van der Waals surface area (Å²) in [5, 5.41) is 19.5. The van der Waals surface area contributed by atoms with Gasteiger partial charge in [-0.2, -0.15) is 13.2 Å². The Hall–Kier alpha value is -1.31. The average molecular weight is 279 g/mol. The lowest BCUT2D eigenvalue weighted by Gasteiger charge is -2.20. The second-order valence-corrected chi connectivity index (χ2v) is 4.04. The summed E-state index contributed by atoms with van der Waals surface area (Å²) in [6.45, 7) is 0.154. The molecule has 2 atom stereocenters. The predicted octanol–water partition coefficient (Wildman–Crippen LogP) is 1.46. The zero-order chi connectivity index (χ0) is 14.6. The lowest BCUT2D eigenvalue weighted by molar-refractivity contribution is -0.137. The van der Waals surface area contributed by atoms with E-state index in [0.29, 0.717) is 0 Å². The molecule has 0 radical (unpaired) electrons. The van der Waals surface area contributed by atoms with Gasteiger partial charge in [-0.25, -0.2) is 0 Å². The Morgan fingerprint density at radius 3 is 2.42 bits per heavy atom. The molecule has 0 bridgehead atoms. The maximum atomic E-state index is 12.5. The number of nitrogens with two attached hydrogens (primary N) is 1. The summed E-state index contributed by atoms with van der Waals surface area (Å²) in [6, 6.07) is 2.70. The van der Waals surface area contributed by atoms with Gasteiger partial charge in [-0.1, -0.05) is 6.07 Å². The number of halogens is 3. The van der Waals surface area contributed by atoms with E-state index in [9.17, 15) is 23.4 Å². The molecule has 0 amide bonds. The van der Waals surface area contributed by atoms with Gasteiger partial charge in [-0.15, -0.1) is 0 Å². The number of aliphatic hydroxyl groups excluding tert-OH is 2. The first-order valence-corrected chi connectivity index (χ1v) is 5.62. The van der Waals surface area contributed by atoms with E-state index in [4.69, 9.17) is 10.5 Å². The van der Waals surface area contributed by atoms with Crippen molar-refractivity contribution in [2.75, 3.05) is 13.7 Å². The fourth-order valence-corrected chi connectivity index (χ4v) is 1.67. The fourth-order valence-electron chi connectivity index (χ4n) is 1.67. The van der Waals surface area contributed by atoms with E-state index in [0.717, 1.165) is 18.2 Å². The smallest absolute Gasteiger partial charge is 0.416 e. The highest BCUT2D eigenvalue weighted by atomic mass is 19.4. The van der Waals surface area contributed by atoms with Gasteiger partial charge in [-0.3, -0.25) is 0 Å². The molecule has 0 aliphatic heterocycles. The topological polar surface area (TPSA) is 75.7 Å². The summed E-state index contributed by atoms with van der Waals surface area (Å²) in [5.41, 5.74) is 4.46. The molecule has 1 rings (SSSR count). The van der Waals surface area contributed by atoms with Crippen LogP contribution in [0.15, 0.2) is 18.2 Å². The summed E-state index contributed by atoms with van der Waals surface area (Å²) >= 11 is 0. The molecule has 0 aliphatic carbocycles. The van der Waals surface area contributed by atoms with Gasteiger partial charge in [0.2, 0.25) is 0 Å². The zero-order valence-corrected chi connectivity index (χ0v) is 10.3. The summed E-state index contributed by atoms with van der Waals surface area (Å²) in [6.07, 6.45) is -6.87. The number of hydrogen-bond acceptors (Lipinski definition) is 4. The summed E-state index contributed by atoms with van der Waals surface area (Å²) in [7, 11) is 1.20. The molecular formula is C12H16F3NO3. The Kier molecular flexibility index (Phi) is 5.16. The van der Waals surface area contributed by atoms with E-state index in [1.54, 1.807) is 0 Å². The molecule has 4 nitrogen and oxygen atoms in total. The third kappa shape index (κ3) is 3.82. The SMILES string of the molecule is COc1cc(C(F)(F)F)ccc1C(O)C(O)CCN. The first-order valence-electron chi connectivity index (χ1n) is 5.62. The number of ether oxygens (including phenoxy) is 1. The Morgan fingerprint density at radius 2 is 1.95 bits per heavy atom. The van der Waals surface area contributed by atoms with Gasteiger partial charge in [0.25, 0.3) is 0 Å². The maximum absolute atomic E-state index is 12.5. The summed E-state index contributed by atoms with van der Waals surface area (Å²) < 4.78 is 42.4. The minimum absolute atomic E-state index is 0.0939. The van der Waals surface area contributed by atoms with Crippen LogP contribution in [0.25, 0.3) is 0 Å². The summed E-state index contributed by atoms with van der Waals surface area (Å²) in [4.78, 5) is 0. The molecule has 0 spiro atoms. The van der Waals surface area contributed by atoms with Crippen LogP contribution in [0.4, 0.5) is 13.2 Å². The number of alkyl halides is 3. The fraction of sp³-hybridized carbons (Fsp3) is 0.500. The molecule has 7 heteroatoms. The molecule has 0 aliphatic rings. The Labute approximate surface area is 108 Å². The molecule has 1 aromatic carbocycles. The van der Waals surface area contributed by atoms with Crippen molar-refractivity contribution in [1.29, 1.82) is 0 Å². The van der Waals surface area contributed by atoms with Gasteiger partial charge >= 0.3 is 6.18 Å². The van der Waals surface area contributed by atoms with E-state index in [1.807, 2.05) is 0 Å². The largest absolute Gasteiger partial charge is 0.496 e. The van der Waals surface area contributed by atoms with Crippen LogP contribution in [0.3, 0.4) is 0 Å². The minimum atomic E-state index is -4.49. The van der Waals surface area contributed by atoms with Gasteiger partial charge < -0.3 is 20.7 Å². The standard InChI is InChI=1S/C12H16F3NO3/c1-19-10-6-7(12(13,14)15)2-3-8(10)11(18)9(17)4-5-16/h2-3,6,9,11,17-18H,4-5,16H2,1H3. The van der Waals surface area contributed by atoms with Crippen molar-refractivity contribution in [3.63, 3.8) is 0 Å². The second kappa shape index (κ2) is 6.23. The van der Waals surface area contributed by atoms with Crippen molar-refractivity contribution >= 4 is 0 Å². The molecule has 1 aromatic rings. The minimum Gasteiger partial charge on any atom is -0.496 e. The number of hydrogen-bond donors (Lipinski definition) is 3. The van der Waals surface area contributed by atoms with Crippen molar-refractivity contribution in [2.45, 2.75) is 24.8 Å². The van der Waals surface area contributed by atoms with Gasteiger partial charge in [0.15, 0.2) is 0 Å². The van der Waals surface area contributed by atoms with Crippen LogP contribution in [-0.4, -0.2) is 30.0 Å². The van der Waals surface area contributed by atoms with E-state index >= 15 is 0 Å². The maximum Gasteiger partial charge on any atom is 0.416 e. The number of rotatable bonds is 5. The Bertz CT molecular complexity index is 423. The van der Waals surface area contributed by atoms with Crippen molar-refractivity contribution in [3.8, 4) is 5.75 Å². The Balaban J connectivity index is 3.09. The van der Waals surface area contributed by atoms with Gasteiger partial charge in [0.05, 0.1) is 18.8 Å². The normalized spacial score (nSPS) is 15.1. The van der Waals surface area contributed by atoms with Crippen LogP contribution in [0, 0.1) is 0 Å². The molecule has 108 valence electrons. The highest BCUT2D eigenvalue weighted by Gasteiger charge is 2.32. The molecule has 0 saturated heterocycles. The molecule has 0 heterocycles. The van der Waals surface area contributed by atoms with E-state index in [-0.39, 0.29) is 24.3 Å². The quantitative estimate of drug-likeness (QED) is 0.762. The lowest BCUT2D eigenvalue weighted by atomic mass is 9.99. The lowest BCUT2D eigenvalue weighted by Crippen LogP contribution is -2.22. The molecule has 0 saturated carbocycles.